The van der Waals surface area contributed by atoms with Gasteiger partial charge in [0.2, 0.25) is 5.95 Å². The normalized spacial score (nSPS) is 12.9. The second kappa shape index (κ2) is 3.49. The highest BCUT2D eigenvalue weighted by Crippen LogP contribution is 2.16. The Balaban J connectivity index is 2.96. The van der Waals surface area contributed by atoms with E-state index >= 15 is 0 Å². The van der Waals surface area contributed by atoms with Crippen LogP contribution in [0, 0.1) is 5.95 Å². The highest BCUT2D eigenvalue weighted by molar-refractivity contribution is 5.39. The second-order valence-electron chi connectivity index (χ2n) is 2.66. The highest BCUT2D eigenvalue weighted by atomic mass is 19.1. The summed E-state index contributed by atoms with van der Waals surface area (Å²) in [7, 11) is 0. The van der Waals surface area contributed by atoms with Crippen molar-refractivity contribution in [1.82, 2.24) is 4.98 Å². The zero-order chi connectivity index (χ0) is 9.14. The van der Waals surface area contributed by atoms with Gasteiger partial charge < -0.3 is 11.5 Å². The molecule has 66 valence electrons. The molecular weight excluding hydrogens is 157 g/mol. The number of rotatable bonds is 2. The lowest BCUT2D eigenvalue weighted by Crippen LogP contribution is -2.10. The fraction of sp³-hybridized carbons (Fsp3) is 0.375. The van der Waals surface area contributed by atoms with Crippen molar-refractivity contribution in [3.05, 3.63) is 23.8 Å². The molecule has 0 radical (unpaired) electrons. The number of pyridine rings is 1. The highest BCUT2D eigenvalue weighted by Gasteiger charge is 2.06. The summed E-state index contributed by atoms with van der Waals surface area (Å²) in [6.07, 6.45) is 2.20. The average Bonchev–Trinajstić information content (AvgIpc) is 2.08. The number of nitrogens with two attached hydrogens (primary N) is 2. The summed E-state index contributed by atoms with van der Waals surface area (Å²) in [6, 6.07) is 1.41. The molecule has 0 amide bonds. The van der Waals surface area contributed by atoms with Crippen molar-refractivity contribution < 1.29 is 4.39 Å². The van der Waals surface area contributed by atoms with E-state index in [9.17, 15) is 4.39 Å². The van der Waals surface area contributed by atoms with Crippen LogP contribution in [0.5, 0.6) is 0 Å². The quantitative estimate of drug-likeness (QED) is 0.654. The zero-order valence-corrected chi connectivity index (χ0v) is 6.92. The molecule has 0 saturated carbocycles. The molecule has 1 rings (SSSR count). The van der Waals surface area contributed by atoms with Crippen molar-refractivity contribution in [1.29, 1.82) is 0 Å². The van der Waals surface area contributed by atoms with Gasteiger partial charge >= 0.3 is 0 Å². The van der Waals surface area contributed by atoms with Gasteiger partial charge in [-0.3, -0.25) is 0 Å². The van der Waals surface area contributed by atoms with E-state index in [2.05, 4.69) is 4.98 Å². The van der Waals surface area contributed by atoms with Gasteiger partial charge in [0.15, 0.2) is 0 Å². The smallest absolute Gasteiger partial charge is 0.236 e. The minimum Gasteiger partial charge on any atom is -0.395 e. The van der Waals surface area contributed by atoms with Crippen LogP contribution in [0.4, 0.5) is 10.1 Å². The molecular formula is C8H12FN3. The maximum atomic E-state index is 12.6. The molecule has 3 nitrogen and oxygen atoms in total. The Morgan fingerprint density at radius 1 is 1.67 bits per heavy atom. The van der Waals surface area contributed by atoms with Gasteiger partial charge in [0, 0.05) is 12.2 Å². The van der Waals surface area contributed by atoms with Crippen LogP contribution in [0.15, 0.2) is 12.3 Å². The Kier molecular flexibility index (Phi) is 2.60. The third-order valence-corrected chi connectivity index (χ3v) is 1.76. The van der Waals surface area contributed by atoms with E-state index in [1.54, 1.807) is 0 Å². The summed E-state index contributed by atoms with van der Waals surface area (Å²) in [4.78, 5) is 3.48. The first-order chi connectivity index (χ1) is 5.65. The van der Waals surface area contributed by atoms with Crippen LogP contribution in [0.2, 0.25) is 0 Å². The van der Waals surface area contributed by atoms with Crippen LogP contribution in [0.3, 0.4) is 0 Å². The fourth-order valence-electron chi connectivity index (χ4n) is 0.921. The van der Waals surface area contributed by atoms with E-state index < -0.39 is 5.95 Å². The van der Waals surface area contributed by atoms with Gasteiger partial charge in [0.25, 0.3) is 0 Å². The number of nitrogens with zero attached hydrogens (tertiary/aromatic N) is 1. The van der Waals surface area contributed by atoms with Gasteiger partial charge in [0.05, 0.1) is 5.69 Å². The second-order valence-corrected chi connectivity index (χ2v) is 2.66. The minimum absolute atomic E-state index is 0.0522. The van der Waals surface area contributed by atoms with E-state index in [-0.39, 0.29) is 11.7 Å². The van der Waals surface area contributed by atoms with Crippen molar-refractivity contribution in [3.63, 3.8) is 0 Å². The Bertz CT molecular complexity index is 275. The van der Waals surface area contributed by atoms with Crippen LogP contribution in [0.1, 0.15) is 24.9 Å². The maximum absolute atomic E-state index is 12.6. The van der Waals surface area contributed by atoms with Crippen molar-refractivity contribution in [2.45, 2.75) is 19.4 Å². The topological polar surface area (TPSA) is 64.9 Å². The molecule has 0 fully saturated rings. The molecule has 1 heterocycles. The third-order valence-electron chi connectivity index (χ3n) is 1.76. The zero-order valence-electron chi connectivity index (χ0n) is 6.92. The molecule has 1 atom stereocenters. The monoisotopic (exact) mass is 169 g/mol. The van der Waals surface area contributed by atoms with Crippen LogP contribution >= 0.6 is 0 Å². The Morgan fingerprint density at radius 3 is 2.83 bits per heavy atom. The molecule has 4 heteroatoms. The summed E-state index contributed by atoms with van der Waals surface area (Å²) in [5.41, 5.74) is 11.8. The number of aromatic nitrogens is 1. The van der Waals surface area contributed by atoms with Gasteiger partial charge in [-0.15, -0.1) is 0 Å². The van der Waals surface area contributed by atoms with Crippen LogP contribution < -0.4 is 11.5 Å². The van der Waals surface area contributed by atoms with Crippen molar-refractivity contribution >= 4 is 5.69 Å². The standard InChI is InChI=1S/C8H12FN3/c1-2-6(10)5-3-7(11)8(9)12-4-5/h3-4,6H,2,10-11H2,1H3. The van der Waals surface area contributed by atoms with Gasteiger partial charge in [-0.2, -0.15) is 4.39 Å². The lowest BCUT2D eigenvalue weighted by Gasteiger charge is -2.08. The van der Waals surface area contributed by atoms with Crippen molar-refractivity contribution in [2.24, 2.45) is 5.73 Å². The third kappa shape index (κ3) is 1.71. The molecule has 0 aliphatic heterocycles. The summed E-state index contributed by atoms with van der Waals surface area (Å²) in [6.45, 7) is 1.95. The maximum Gasteiger partial charge on any atom is 0.236 e. The molecule has 1 aromatic heterocycles. The lowest BCUT2D eigenvalue weighted by molar-refractivity contribution is 0.583. The first kappa shape index (κ1) is 8.93. The minimum atomic E-state index is -0.637. The summed E-state index contributed by atoms with van der Waals surface area (Å²) in [5, 5.41) is 0. The molecule has 4 N–H and O–H groups in total. The first-order valence-electron chi connectivity index (χ1n) is 3.81. The largest absolute Gasteiger partial charge is 0.395 e. The Labute approximate surface area is 70.6 Å². The average molecular weight is 169 g/mol. The van der Waals surface area contributed by atoms with Gasteiger partial charge in [-0.25, -0.2) is 4.98 Å². The number of nitrogen functional groups attached to an aromatic ring is 1. The lowest BCUT2D eigenvalue weighted by atomic mass is 10.1. The van der Waals surface area contributed by atoms with E-state index in [4.69, 9.17) is 11.5 Å². The Hall–Kier alpha value is -1.16. The van der Waals surface area contributed by atoms with Gasteiger partial charge in [-0.05, 0) is 18.1 Å². The Morgan fingerprint density at radius 2 is 2.33 bits per heavy atom. The number of halogens is 1. The summed E-state index contributed by atoms with van der Waals surface area (Å²) >= 11 is 0. The first-order valence-corrected chi connectivity index (χ1v) is 3.81. The van der Waals surface area contributed by atoms with Gasteiger partial charge in [-0.1, -0.05) is 6.92 Å². The van der Waals surface area contributed by atoms with E-state index in [1.807, 2.05) is 6.92 Å². The molecule has 0 bridgehead atoms. The summed E-state index contributed by atoms with van der Waals surface area (Å²) in [5.74, 6) is -0.637. The number of hydrogen-bond donors (Lipinski definition) is 2. The number of hydrogen-bond acceptors (Lipinski definition) is 3. The fourth-order valence-corrected chi connectivity index (χ4v) is 0.921. The summed E-state index contributed by atoms with van der Waals surface area (Å²) < 4.78 is 12.6. The van der Waals surface area contributed by atoms with E-state index in [0.29, 0.717) is 0 Å². The predicted octanol–water partition coefficient (Wildman–Crippen LogP) is 1.21. The molecule has 0 saturated heterocycles. The van der Waals surface area contributed by atoms with Crippen LogP contribution in [0.25, 0.3) is 0 Å². The molecule has 12 heavy (non-hydrogen) atoms. The SMILES string of the molecule is CCC(N)c1cnc(F)c(N)c1. The predicted molar refractivity (Wildman–Crippen MR) is 45.8 cm³/mol. The molecule has 0 spiro atoms. The molecule has 0 aromatic carbocycles. The number of anilines is 1. The molecule has 1 unspecified atom stereocenters. The van der Waals surface area contributed by atoms with Crippen molar-refractivity contribution in [3.8, 4) is 0 Å². The van der Waals surface area contributed by atoms with Crippen LogP contribution in [-0.2, 0) is 0 Å². The molecule has 0 aliphatic carbocycles. The van der Waals surface area contributed by atoms with E-state index in [1.165, 1.54) is 12.3 Å². The van der Waals surface area contributed by atoms with Crippen LogP contribution in [-0.4, -0.2) is 4.98 Å². The van der Waals surface area contributed by atoms with Crippen molar-refractivity contribution in [2.75, 3.05) is 5.73 Å². The van der Waals surface area contributed by atoms with E-state index in [0.717, 1.165) is 12.0 Å². The molecule has 0 aliphatic rings. The molecule has 1 aromatic rings. The van der Waals surface area contributed by atoms with Gasteiger partial charge in [0.1, 0.15) is 0 Å².